The van der Waals surface area contributed by atoms with Gasteiger partial charge in [-0.05, 0) is 44.7 Å². The van der Waals surface area contributed by atoms with Crippen molar-refractivity contribution in [1.29, 1.82) is 0 Å². The van der Waals surface area contributed by atoms with E-state index in [0.717, 1.165) is 51.7 Å². The van der Waals surface area contributed by atoms with Gasteiger partial charge in [-0.25, -0.2) is 0 Å². The number of hydrogen-bond donors (Lipinski definition) is 1. The zero-order valence-corrected chi connectivity index (χ0v) is 15.9. The number of carbonyl (C=O) groups is 2. The Hall–Kier alpha value is -1.88. The van der Waals surface area contributed by atoms with E-state index in [1.54, 1.807) is 0 Å². The van der Waals surface area contributed by atoms with Crippen molar-refractivity contribution >= 4 is 11.8 Å². The van der Waals surface area contributed by atoms with Crippen LogP contribution in [0.2, 0.25) is 0 Å². The number of nitrogens with zero attached hydrogens (tertiary/aromatic N) is 2. The van der Waals surface area contributed by atoms with Gasteiger partial charge in [0, 0.05) is 44.6 Å². The van der Waals surface area contributed by atoms with Gasteiger partial charge >= 0.3 is 0 Å². The summed E-state index contributed by atoms with van der Waals surface area (Å²) in [6, 6.07) is 10.5. The van der Waals surface area contributed by atoms with Gasteiger partial charge in [0.05, 0.1) is 0 Å². The number of nitrogens with one attached hydrogen (secondary N) is 1. The lowest BCUT2D eigenvalue weighted by Gasteiger charge is -2.49. The van der Waals surface area contributed by atoms with Crippen LogP contribution < -0.4 is 5.32 Å². The van der Waals surface area contributed by atoms with Crippen LogP contribution >= 0.6 is 0 Å². The van der Waals surface area contributed by atoms with Crippen LogP contribution in [0.4, 0.5) is 0 Å². The molecule has 1 aromatic rings. The molecular weight excluding hydrogens is 326 g/mol. The van der Waals surface area contributed by atoms with E-state index in [9.17, 15) is 9.59 Å². The van der Waals surface area contributed by atoms with E-state index in [0.29, 0.717) is 19.4 Å². The minimum atomic E-state index is -0.0445. The molecule has 1 spiro atoms. The smallest absolute Gasteiger partial charge is 0.222 e. The molecule has 3 rings (SSSR count). The van der Waals surface area contributed by atoms with Crippen LogP contribution in [0.15, 0.2) is 30.3 Å². The van der Waals surface area contributed by atoms with Gasteiger partial charge in [0.15, 0.2) is 0 Å². The Morgan fingerprint density at radius 1 is 1.15 bits per heavy atom. The number of amides is 2. The van der Waals surface area contributed by atoms with Gasteiger partial charge in [-0.15, -0.1) is 0 Å². The van der Waals surface area contributed by atoms with E-state index in [-0.39, 0.29) is 17.4 Å². The van der Waals surface area contributed by atoms with E-state index < -0.39 is 0 Å². The third-order valence-electron chi connectivity index (χ3n) is 6.03. The lowest BCUT2D eigenvalue weighted by Crippen LogP contribution is -2.62. The topological polar surface area (TPSA) is 52.6 Å². The van der Waals surface area contributed by atoms with Crippen molar-refractivity contribution in [2.45, 2.75) is 50.5 Å². The number of piperazine rings is 1. The van der Waals surface area contributed by atoms with Gasteiger partial charge in [-0.1, -0.05) is 30.3 Å². The maximum atomic E-state index is 12.7. The fraction of sp³-hybridized carbons (Fsp3) is 0.619. The summed E-state index contributed by atoms with van der Waals surface area (Å²) in [4.78, 5) is 28.8. The maximum absolute atomic E-state index is 12.7. The predicted molar refractivity (Wildman–Crippen MR) is 103 cm³/mol. The lowest BCUT2D eigenvalue weighted by atomic mass is 9.86. The van der Waals surface area contributed by atoms with Crippen molar-refractivity contribution in [3.8, 4) is 0 Å². The number of benzene rings is 1. The van der Waals surface area contributed by atoms with Crippen LogP contribution in [0.25, 0.3) is 0 Å². The van der Waals surface area contributed by atoms with E-state index in [1.165, 1.54) is 5.56 Å². The average Bonchev–Trinajstić information content (AvgIpc) is 2.84. The van der Waals surface area contributed by atoms with E-state index >= 15 is 0 Å². The molecule has 1 aromatic carbocycles. The fourth-order valence-electron chi connectivity index (χ4n) is 4.22. The second-order valence-electron chi connectivity index (χ2n) is 7.75. The first kappa shape index (κ1) is 18.9. The molecule has 2 aliphatic rings. The minimum Gasteiger partial charge on any atom is -0.356 e. The first-order valence-electron chi connectivity index (χ1n) is 9.89. The highest BCUT2D eigenvalue weighted by Crippen LogP contribution is 2.30. The third-order valence-corrected chi connectivity index (χ3v) is 6.03. The van der Waals surface area contributed by atoms with E-state index in [2.05, 4.69) is 41.5 Å². The van der Waals surface area contributed by atoms with Crippen molar-refractivity contribution < 1.29 is 9.59 Å². The second-order valence-corrected chi connectivity index (χ2v) is 7.75. The van der Waals surface area contributed by atoms with Gasteiger partial charge in [-0.3, -0.25) is 14.5 Å². The summed E-state index contributed by atoms with van der Waals surface area (Å²) in [5.41, 5.74) is 1.30. The molecule has 26 heavy (non-hydrogen) atoms. The first-order valence-corrected chi connectivity index (χ1v) is 9.89. The van der Waals surface area contributed by atoms with Crippen molar-refractivity contribution in [1.82, 2.24) is 15.1 Å². The monoisotopic (exact) mass is 357 g/mol. The van der Waals surface area contributed by atoms with Gasteiger partial charge < -0.3 is 10.2 Å². The van der Waals surface area contributed by atoms with Crippen LogP contribution in [0.3, 0.4) is 0 Å². The van der Waals surface area contributed by atoms with Crippen LogP contribution in [-0.4, -0.2) is 60.4 Å². The summed E-state index contributed by atoms with van der Waals surface area (Å²) >= 11 is 0. The highest BCUT2D eigenvalue weighted by atomic mass is 16.2. The molecule has 2 amide bonds. The molecule has 0 unspecified atom stereocenters. The maximum Gasteiger partial charge on any atom is 0.222 e. The Balaban J connectivity index is 1.49. The summed E-state index contributed by atoms with van der Waals surface area (Å²) < 4.78 is 0. The number of hydrogen-bond acceptors (Lipinski definition) is 3. The summed E-state index contributed by atoms with van der Waals surface area (Å²) in [7, 11) is 2.14. The van der Waals surface area contributed by atoms with Crippen LogP contribution in [0.5, 0.6) is 0 Å². The van der Waals surface area contributed by atoms with Crippen LogP contribution in [0.1, 0.15) is 44.1 Å². The Bertz CT molecular complexity index is 619. The molecule has 142 valence electrons. The van der Waals surface area contributed by atoms with Crippen LogP contribution in [-0.2, 0) is 16.0 Å². The molecule has 1 atom stereocenters. The van der Waals surface area contributed by atoms with E-state index in [1.807, 2.05) is 11.0 Å². The molecule has 0 saturated carbocycles. The number of unbranched alkanes of at least 4 members (excludes halogenated alkanes) is 1. The van der Waals surface area contributed by atoms with Crippen molar-refractivity contribution in [3.05, 3.63) is 35.9 Å². The Labute approximate surface area is 156 Å². The normalized spacial score (nSPS) is 24.3. The molecule has 0 aromatic heterocycles. The molecule has 2 heterocycles. The quantitative estimate of drug-likeness (QED) is 0.822. The molecule has 0 aliphatic carbocycles. The fourth-order valence-corrected chi connectivity index (χ4v) is 4.22. The third kappa shape index (κ3) is 4.64. The SMILES string of the molecule is CN1CCN(C(=O)CCCCc2ccccc2)C[C@]12CCNC(=O)CC2. The molecule has 5 nitrogen and oxygen atoms in total. The molecule has 0 radical (unpaired) electrons. The number of aryl methyl sites for hydroxylation is 1. The van der Waals surface area contributed by atoms with Gasteiger partial charge in [-0.2, -0.15) is 0 Å². The molecule has 1 N–H and O–H groups in total. The number of carbonyl (C=O) groups excluding carboxylic acids is 2. The first-order chi connectivity index (χ1) is 12.6. The highest BCUT2D eigenvalue weighted by Gasteiger charge is 2.41. The Morgan fingerprint density at radius 2 is 1.96 bits per heavy atom. The predicted octanol–water partition coefficient (Wildman–Crippen LogP) is 2.21. The molecule has 5 heteroatoms. The Kier molecular flexibility index (Phi) is 6.30. The average molecular weight is 357 g/mol. The molecule has 2 aliphatic heterocycles. The molecular formula is C21H31N3O2. The zero-order valence-electron chi connectivity index (χ0n) is 15.9. The largest absolute Gasteiger partial charge is 0.356 e. The molecule has 2 saturated heterocycles. The minimum absolute atomic E-state index is 0.0445. The lowest BCUT2D eigenvalue weighted by molar-refractivity contribution is -0.137. The van der Waals surface area contributed by atoms with Gasteiger partial charge in [0.25, 0.3) is 0 Å². The highest BCUT2D eigenvalue weighted by molar-refractivity contribution is 5.77. The zero-order chi connectivity index (χ0) is 18.4. The second kappa shape index (κ2) is 8.67. The number of likely N-dealkylation sites (N-methyl/N-ethyl adjacent to an activating group) is 1. The van der Waals surface area contributed by atoms with Gasteiger partial charge in [0.2, 0.25) is 11.8 Å². The molecule has 0 bridgehead atoms. The van der Waals surface area contributed by atoms with Crippen molar-refractivity contribution in [3.63, 3.8) is 0 Å². The van der Waals surface area contributed by atoms with Crippen molar-refractivity contribution in [2.75, 3.05) is 33.2 Å². The van der Waals surface area contributed by atoms with Crippen LogP contribution in [0, 0.1) is 0 Å². The standard InChI is InChI=1S/C21H31N3O2/c1-23-15-16-24(17-21(23)12-11-19(25)22-14-13-21)20(26)10-6-5-9-18-7-3-2-4-8-18/h2-4,7-8H,5-6,9-17H2,1H3,(H,22,25)/t21-/m0/s1. The summed E-state index contributed by atoms with van der Waals surface area (Å²) in [6.07, 6.45) is 5.97. The van der Waals surface area contributed by atoms with E-state index in [4.69, 9.17) is 0 Å². The summed E-state index contributed by atoms with van der Waals surface area (Å²) in [5, 5.41) is 2.97. The van der Waals surface area contributed by atoms with Crippen molar-refractivity contribution in [2.24, 2.45) is 0 Å². The number of rotatable bonds is 5. The summed E-state index contributed by atoms with van der Waals surface area (Å²) in [6.45, 7) is 3.17. The van der Waals surface area contributed by atoms with Gasteiger partial charge in [0.1, 0.15) is 0 Å². The molecule has 2 fully saturated rings. The summed E-state index contributed by atoms with van der Waals surface area (Å²) in [5.74, 6) is 0.411. The Morgan fingerprint density at radius 3 is 2.77 bits per heavy atom.